The highest BCUT2D eigenvalue weighted by Crippen LogP contribution is 2.41. The van der Waals surface area contributed by atoms with Gasteiger partial charge in [0.05, 0.1) is 63.9 Å². The minimum Gasteiger partial charge on any atom is -0.477 e. The summed E-state index contributed by atoms with van der Waals surface area (Å²) in [7, 11) is 0. The lowest BCUT2D eigenvalue weighted by Crippen LogP contribution is -2.72. The van der Waals surface area contributed by atoms with Crippen LogP contribution in [0.2, 0.25) is 0 Å². The van der Waals surface area contributed by atoms with E-state index >= 15 is 0 Å². The van der Waals surface area contributed by atoms with Gasteiger partial charge < -0.3 is 150 Å². The van der Waals surface area contributed by atoms with Crippen molar-refractivity contribution in [2.45, 2.75) is 314 Å². The van der Waals surface area contributed by atoms with Crippen molar-refractivity contribution in [3.8, 4) is 0 Å². The predicted octanol–water partition coefficient (Wildman–Crippen LogP) is -4.78. The summed E-state index contributed by atoms with van der Waals surface area (Å²) in [6.45, 7) is -0.0469. The number of amides is 3. The Kier molecular flexibility index (Phi) is 37.1. The first-order valence-corrected chi connectivity index (χ1v) is 34.3. The number of aliphatic hydroxyl groups is 16. The molecule has 98 heavy (non-hydrogen) atoms. The molecule has 568 valence electrons. The fourth-order valence-corrected chi connectivity index (χ4v) is 12.5. The normalized spacial score (nSPS) is 36.8. The van der Waals surface area contributed by atoms with Crippen molar-refractivity contribution in [3.63, 3.8) is 0 Å². The Morgan fingerprint density at radius 1 is 0.541 bits per heavy atom. The van der Waals surface area contributed by atoms with E-state index in [1.165, 1.54) is 63.9 Å². The standard InChI is InChI=1S/C64H111N3O31/c1-5-7-9-11-12-13-14-15-16-17-18-19-20-21-23-25-43(78)67-35(36(75)24-22-10-8-6-2)32-89-60-52(85)50(83)54(41(30-71)92-60)94-62-53(86)58(98-64(63(87)88)26-37(76)44(65-33(3)73)57(97-64)46(79)38(77)27-68)55(42(31-72)93-62)95-59-45(66-34(4)74)56(48(81)40(29-70)90-59)96-61-51(84)49(82)47(80)39(28-69)91-61/h8,10,22,24,35-42,44-62,68-72,75-77,79-86H,5-7,9,11-21,23,25-32H2,1-4H3,(H,65,73)(H,66,74)(H,67,78)(H,87,88)/b10-8+,24-22+/t35-,36+,37-,38+,39+,40+,41+,42+,44?,45+,46+,47-,48-,49-,50+,51+,52+,53+,54+,55-,56+,57?,58+,59-,60+,61-,62-,64-/m0/s1. The van der Waals surface area contributed by atoms with Gasteiger partial charge in [-0.15, -0.1) is 0 Å². The third kappa shape index (κ3) is 23.9. The van der Waals surface area contributed by atoms with E-state index in [2.05, 4.69) is 22.9 Å². The number of carbonyl (C=O) groups excluding carboxylic acids is 3. The van der Waals surface area contributed by atoms with Gasteiger partial charge in [0.25, 0.3) is 5.79 Å². The molecule has 0 bridgehead atoms. The second-order valence-corrected chi connectivity index (χ2v) is 25.7. The number of aliphatic carboxylic acids is 1. The molecule has 3 amide bonds. The van der Waals surface area contributed by atoms with Gasteiger partial charge in [0.1, 0.15) is 116 Å². The molecule has 20 N–H and O–H groups in total. The van der Waals surface area contributed by atoms with Crippen LogP contribution in [0.4, 0.5) is 0 Å². The largest absolute Gasteiger partial charge is 0.477 e. The van der Waals surface area contributed by atoms with Crippen LogP contribution in [0.25, 0.3) is 0 Å². The van der Waals surface area contributed by atoms with Crippen LogP contribution in [0.15, 0.2) is 24.3 Å². The molecular formula is C64H111N3O31. The highest BCUT2D eigenvalue weighted by Gasteiger charge is 2.62. The molecule has 5 rings (SSSR count). The highest BCUT2D eigenvalue weighted by atomic mass is 16.8. The van der Waals surface area contributed by atoms with Gasteiger partial charge in [-0.3, -0.25) is 14.4 Å². The summed E-state index contributed by atoms with van der Waals surface area (Å²) in [4.78, 5) is 52.6. The van der Waals surface area contributed by atoms with E-state index in [1.54, 1.807) is 12.2 Å². The van der Waals surface area contributed by atoms with E-state index < -0.39 is 241 Å². The van der Waals surface area contributed by atoms with E-state index in [1.807, 2.05) is 13.0 Å². The molecule has 0 spiro atoms. The molecule has 5 fully saturated rings. The topological polar surface area (TPSA) is 541 Å². The van der Waals surface area contributed by atoms with Gasteiger partial charge >= 0.3 is 5.97 Å². The van der Waals surface area contributed by atoms with Crippen molar-refractivity contribution in [2.75, 3.05) is 39.6 Å². The SMILES string of the molecule is CC/C=C/C=C/[C@@H](O)[C@H](CO[C@@H]1O[C@H](CO)[C@@H](O[C@@H]2O[C@H](CO)[C@H](O[C@@H]3O[C@H](CO)[C@H](O)[C@H](O[C@@H]4O[C@H](CO)[C@H](O)[C@H](O)[C@H]4O)[C@H]3NC(C)=O)[C@H](O[C@]3(C(=O)O)C[C@H](O)C(NC(C)=O)C([C@H](O)[C@H](O)CO)O3)[C@H]2O)[C@H](O)[C@H]1O)NC(=O)CCCCCCCCCCCCCCCCC. The Bertz CT molecular complexity index is 2390. The summed E-state index contributed by atoms with van der Waals surface area (Å²) < 4.78 is 59.6. The zero-order valence-electron chi connectivity index (χ0n) is 56.2. The molecule has 34 nitrogen and oxygen atoms in total. The van der Waals surface area contributed by atoms with Gasteiger partial charge in [-0.2, -0.15) is 0 Å². The maximum atomic E-state index is 13.7. The van der Waals surface area contributed by atoms with Gasteiger partial charge in [0.2, 0.25) is 17.7 Å². The van der Waals surface area contributed by atoms with E-state index in [0.717, 1.165) is 46.0 Å². The van der Waals surface area contributed by atoms with Crippen molar-refractivity contribution in [3.05, 3.63) is 24.3 Å². The average molecular weight is 1420 g/mol. The van der Waals surface area contributed by atoms with Gasteiger partial charge in [-0.25, -0.2) is 4.79 Å². The fourth-order valence-electron chi connectivity index (χ4n) is 12.5. The number of aliphatic hydroxyl groups excluding tert-OH is 16. The van der Waals surface area contributed by atoms with Crippen LogP contribution in [0.5, 0.6) is 0 Å². The highest BCUT2D eigenvalue weighted by molar-refractivity contribution is 5.77. The molecular weight excluding hydrogens is 1310 g/mol. The van der Waals surface area contributed by atoms with Crippen molar-refractivity contribution in [2.24, 2.45) is 0 Å². The fraction of sp³-hybridized carbons (Fsp3) is 0.875. The Labute approximate surface area is 569 Å². The Balaban J connectivity index is 1.41. The zero-order valence-corrected chi connectivity index (χ0v) is 56.2. The summed E-state index contributed by atoms with van der Waals surface area (Å²) in [6, 6.07) is -4.84. The van der Waals surface area contributed by atoms with Crippen LogP contribution in [-0.4, -0.2) is 321 Å². The maximum Gasteiger partial charge on any atom is 0.364 e. The van der Waals surface area contributed by atoms with E-state index in [-0.39, 0.29) is 6.42 Å². The zero-order chi connectivity index (χ0) is 72.4. The quantitative estimate of drug-likeness (QED) is 0.0201. The van der Waals surface area contributed by atoms with Crippen molar-refractivity contribution < 1.29 is 153 Å². The molecule has 0 radical (unpaired) electrons. The number of hydrogen-bond donors (Lipinski definition) is 20. The summed E-state index contributed by atoms with van der Waals surface area (Å²) in [6.07, 6.45) is -26.5. The third-order valence-electron chi connectivity index (χ3n) is 18.1. The lowest BCUT2D eigenvalue weighted by Gasteiger charge is -2.52. The molecule has 34 heteroatoms. The Morgan fingerprint density at radius 3 is 1.58 bits per heavy atom. The number of carboxylic acid groups (broad SMARTS) is 1. The van der Waals surface area contributed by atoms with Crippen molar-refractivity contribution >= 4 is 23.7 Å². The lowest BCUT2D eigenvalue weighted by atomic mass is 9.88. The molecule has 5 aliphatic rings. The summed E-state index contributed by atoms with van der Waals surface area (Å²) >= 11 is 0. The monoisotopic (exact) mass is 1420 g/mol. The first-order chi connectivity index (χ1) is 46.8. The van der Waals surface area contributed by atoms with Gasteiger partial charge in [0.15, 0.2) is 25.2 Å². The average Bonchev–Trinajstić information content (AvgIpc) is 0.763. The van der Waals surface area contributed by atoms with Crippen LogP contribution < -0.4 is 16.0 Å². The number of carbonyl (C=O) groups is 4. The van der Waals surface area contributed by atoms with Crippen LogP contribution >= 0.6 is 0 Å². The van der Waals surface area contributed by atoms with Gasteiger partial charge in [-0.05, 0) is 12.8 Å². The Morgan fingerprint density at radius 2 is 1.03 bits per heavy atom. The van der Waals surface area contributed by atoms with E-state index in [0.29, 0.717) is 12.8 Å². The first kappa shape index (κ1) is 85.0. The Hall–Kier alpha value is -3.68. The molecule has 0 aromatic heterocycles. The molecule has 0 saturated carbocycles. The number of allylic oxidation sites excluding steroid dienone is 3. The van der Waals surface area contributed by atoms with Crippen molar-refractivity contribution in [1.29, 1.82) is 0 Å². The summed E-state index contributed by atoms with van der Waals surface area (Å²) in [5, 5.41) is 195. The van der Waals surface area contributed by atoms with Crippen LogP contribution in [0.1, 0.15) is 143 Å². The molecule has 28 atom stereocenters. The molecule has 5 aliphatic heterocycles. The maximum absolute atomic E-state index is 13.7. The molecule has 0 aromatic carbocycles. The van der Waals surface area contributed by atoms with Crippen molar-refractivity contribution in [1.82, 2.24) is 16.0 Å². The third-order valence-corrected chi connectivity index (χ3v) is 18.1. The number of nitrogens with one attached hydrogen (secondary N) is 3. The first-order valence-electron chi connectivity index (χ1n) is 34.3. The lowest BCUT2D eigenvalue weighted by molar-refractivity contribution is -0.403. The van der Waals surface area contributed by atoms with Crippen LogP contribution in [0, 0.1) is 0 Å². The van der Waals surface area contributed by atoms with E-state index in [4.69, 9.17) is 47.4 Å². The number of rotatable bonds is 42. The number of carboxylic acids is 1. The van der Waals surface area contributed by atoms with Crippen LogP contribution in [0.3, 0.4) is 0 Å². The van der Waals surface area contributed by atoms with Gasteiger partial charge in [0, 0.05) is 26.7 Å². The molecule has 0 aromatic rings. The molecule has 2 unspecified atom stereocenters. The second-order valence-electron chi connectivity index (χ2n) is 25.7. The second kappa shape index (κ2) is 42.8. The summed E-state index contributed by atoms with van der Waals surface area (Å²) in [5.74, 6) is -7.75. The predicted molar refractivity (Wildman–Crippen MR) is 337 cm³/mol. The molecule has 5 heterocycles. The molecule has 0 aliphatic carbocycles. The van der Waals surface area contributed by atoms with E-state index in [9.17, 15) is 106 Å². The minimum atomic E-state index is -3.38. The number of hydrogen-bond acceptors (Lipinski definition) is 30. The van der Waals surface area contributed by atoms with Crippen LogP contribution in [-0.2, 0) is 66.5 Å². The number of ether oxygens (including phenoxy) is 10. The van der Waals surface area contributed by atoms with Gasteiger partial charge in [-0.1, -0.05) is 128 Å². The smallest absolute Gasteiger partial charge is 0.364 e. The summed E-state index contributed by atoms with van der Waals surface area (Å²) in [5.41, 5.74) is 0. The molecule has 5 saturated heterocycles. The number of unbranched alkanes of at least 4 members (excludes halogenated alkanes) is 14. The minimum absolute atomic E-state index is 0.118.